The lowest BCUT2D eigenvalue weighted by Gasteiger charge is -2.25. The number of rotatable bonds is 7. The molecule has 2 aromatic carbocycles. The zero-order valence-electron chi connectivity index (χ0n) is 16.1. The number of amides is 2. The van der Waals surface area contributed by atoms with Crippen LogP contribution in [-0.2, 0) is 16.7 Å². The van der Waals surface area contributed by atoms with E-state index < -0.39 is 10.1 Å². The van der Waals surface area contributed by atoms with Gasteiger partial charge in [-0.2, -0.15) is 8.42 Å². The second-order valence-electron chi connectivity index (χ2n) is 6.95. The van der Waals surface area contributed by atoms with E-state index in [0.717, 1.165) is 23.1 Å². The number of hydrogen-bond acceptors (Lipinski definition) is 4. The van der Waals surface area contributed by atoms with Crippen molar-refractivity contribution < 1.29 is 17.4 Å². The Kier molecular flexibility index (Phi) is 6.85. The van der Waals surface area contributed by atoms with Gasteiger partial charge in [-0.25, -0.2) is 4.79 Å². The SMILES string of the molecule is Cc1ccccc1NC(=O)N(Cc1ccc(OS(C)(=O)=O)cc1)CC(C)C. The molecule has 6 nitrogen and oxygen atoms in total. The van der Waals surface area contributed by atoms with Crippen molar-refractivity contribution in [2.75, 3.05) is 18.1 Å². The molecule has 146 valence electrons. The van der Waals surface area contributed by atoms with Crippen molar-refractivity contribution in [2.45, 2.75) is 27.3 Å². The van der Waals surface area contributed by atoms with Gasteiger partial charge in [-0.15, -0.1) is 0 Å². The summed E-state index contributed by atoms with van der Waals surface area (Å²) in [5, 5.41) is 2.96. The average Bonchev–Trinajstić information content (AvgIpc) is 2.56. The van der Waals surface area contributed by atoms with E-state index in [-0.39, 0.29) is 11.8 Å². The van der Waals surface area contributed by atoms with Crippen LogP contribution in [0, 0.1) is 12.8 Å². The van der Waals surface area contributed by atoms with Crippen molar-refractivity contribution in [3.63, 3.8) is 0 Å². The molecule has 0 heterocycles. The quantitative estimate of drug-likeness (QED) is 0.725. The van der Waals surface area contributed by atoms with E-state index in [9.17, 15) is 13.2 Å². The van der Waals surface area contributed by atoms with Crippen LogP contribution in [0.15, 0.2) is 48.5 Å². The standard InChI is InChI=1S/C20H26N2O4S/c1-15(2)13-22(20(23)21-19-8-6-5-7-16(19)3)14-17-9-11-18(12-10-17)26-27(4,24)25/h5-12,15H,13-14H2,1-4H3,(H,21,23). The third-order valence-corrected chi connectivity index (χ3v) is 4.30. The number of aryl methyl sites for hydroxylation is 1. The second-order valence-corrected chi connectivity index (χ2v) is 8.53. The van der Waals surface area contributed by atoms with Crippen LogP contribution in [0.3, 0.4) is 0 Å². The molecule has 0 saturated heterocycles. The van der Waals surface area contributed by atoms with Crippen molar-refractivity contribution in [3.05, 3.63) is 59.7 Å². The molecule has 0 bridgehead atoms. The van der Waals surface area contributed by atoms with Crippen LogP contribution in [-0.4, -0.2) is 32.1 Å². The Hall–Kier alpha value is -2.54. The van der Waals surface area contributed by atoms with Crippen molar-refractivity contribution >= 4 is 21.8 Å². The number of nitrogens with one attached hydrogen (secondary N) is 1. The highest BCUT2D eigenvalue weighted by molar-refractivity contribution is 7.86. The zero-order chi connectivity index (χ0) is 20.0. The fraction of sp³-hybridized carbons (Fsp3) is 0.350. The highest BCUT2D eigenvalue weighted by Gasteiger charge is 2.16. The maximum absolute atomic E-state index is 12.8. The number of carbonyl (C=O) groups excluding carboxylic acids is 1. The molecule has 0 radical (unpaired) electrons. The van der Waals surface area contributed by atoms with Crippen LogP contribution in [0.2, 0.25) is 0 Å². The first-order chi connectivity index (χ1) is 12.6. The number of para-hydroxylation sites is 1. The Labute approximate surface area is 161 Å². The summed E-state index contributed by atoms with van der Waals surface area (Å²) in [5.41, 5.74) is 2.67. The minimum atomic E-state index is -3.56. The molecule has 2 aromatic rings. The molecule has 1 N–H and O–H groups in total. The van der Waals surface area contributed by atoms with Crippen LogP contribution < -0.4 is 9.50 Å². The Bertz CT molecular complexity index is 877. The van der Waals surface area contributed by atoms with Gasteiger partial charge in [0, 0.05) is 18.8 Å². The summed E-state index contributed by atoms with van der Waals surface area (Å²) in [6.07, 6.45) is 1.00. The zero-order valence-corrected chi connectivity index (χ0v) is 16.9. The predicted molar refractivity (Wildman–Crippen MR) is 107 cm³/mol. The first-order valence-corrected chi connectivity index (χ1v) is 10.6. The topological polar surface area (TPSA) is 75.7 Å². The van der Waals surface area contributed by atoms with Gasteiger partial charge < -0.3 is 14.4 Å². The van der Waals surface area contributed by atoms with Crippen molar-refractivity contribution in [2.24, 2.45) is 5.92 Å². The van der Waals surface area contributed by atoms with Crippen molar-refractivity contribution in [3.8, 4) is 5.75 Å². The lowest BCUT2D eigenvalue weighted by molar-refractivity contribution is 0.201. The Morgan fingerprint density at radius 3 is 2.30 bits per heavy atom. The molecule has 0 unspecified atom stereocenters. The molecular weight excluding hydrogens is 364 g/mol. The van der Waals surface area contributed by atoms with Crippen LogP contribution in [0.25, 0.3) is 0 Å². The van der Waals surface area contributed by atoms with Gasteiger partial charge in [0.25, 0.3) is 0 Å². The van der Waals surface area contributed by atoms with Gasteiger partial charge in [0.15, 0.2) is 0 Å². The molecule has 2 amide bonds. The number of hydrogen-bond donors (Lipinski definition) is 1. The Balaban J connectivity index is 2.11. The largest absolute Gasteiger partial charge is 0.383 e. The van der Waals surface area contributed by atoms with E-state index in [0.29, 0.717) is 19.0 Å². The minimum absolute atomic E-state index is 0.172. The molecule has 0 aliphatic rings. The normalized spacial score (nSPS) is 11.3. The van der Waals surface area contributed by atoms with E-state index in [1.165, 1.54) is 0 Å². The number of carbonyl (C=O) groups is 1. The monoisotopic (exact) mass is 390 g/mol. The second kappa shape index (κ2) is 8.90. The van der Waals surface area contributed by atoms with Crippen LogP contribution in [0.5, 0.6) is 5.75 Å². The predicted octanol–water partition coefficient (Wildman–Crippen LogP) is 4.02. The maximum Gasteiger partial charge on any atom is 0.322 e. The fourth-order valence-electron chi connectivity index (χ4n) is 2.61. The molecule has 7 heteroatoms. The number of benzene rings is 2. The fourth-order valence-corrected chi connectivity index (χ4v) is 3.07. The van der Waals surface area contributed by atoms with Crippen molar-refractivity contribution in [1.29, 1.82) is 0 Å². The summed E-state index contributed by atoms with van der Waals surface area (Å²) in [4.78, 5) is 14.5. The molecule has 0 fully saturated rings. The Morgan fingerprint density at radius 2 is 1.74 bits per heavy atom. The van der Waals surface area contributed by atoms with Gasteiger partial charge in [-0.05, 0) is 42.2 Å². The first kappa shape index (κ1) is 20.8. The van der Waals surface area contributed by atoms with Gasteiger partial charge >= 0.3 is 16.1 Å². The van der Waals surface area contributed by atoms with E-state index in [2.05, 4.69) is 19.2 Å². The number of urea groups is 1. The average molecular weight is 391 g/mol. The summed E-state index contributed by atoms with van der Waals surface area (Å²) in [6, 6.07) is 14.2. The first-order valence-electron chi connectivity index (χ1n) is 8.74. The number of anilines is 1. The van der Waals surface area contributed by atoms with Crippen LogP contribution in [0.4, 0.5) is 10.5 Å². The number of nitrogens with zero attached hydrogens (tertiary/aromatic N) is 1. The van der Waals surface area contributed by atoms with Gasteiger partial charge in [0.2, 0.25) is 0 Å². The molecule has 0 atom stereocenters. The maximum atomic E-state index is 12.8. The van der Waals surface area contributed by atoms with E-state index in [4.69, 9.17) is 4.18 Å². The van der Waals surface area contributed by atoms with Gasteiger partial charge in [0.1, 0.15) is 5.75 Å². The smallest absolute Gasteiger partial charge is 0.322 e. The molecule has 0 spiro atoms. The summed E-state index contributed by atoms with van der Waals surface area (Å²) >= 11 is 0. The molecular formula is C20H26N2O4S. The molecule has 0 saturated carbocycles. The molecule has 0 aromatic heterocycles. The molecule has 2 rings (SSSR count). The van der Waals surface area contributed by atoms with Crippen LogP contribution >= 0.6 is 0 Å². The Morgan fingerprint density at radius 1 is 1.11 bits per heavy atom. The summed E-state index contributed by atoms with van der Waals surface area (Å²) in [6.45, 7) is 7.06. The minimum Gasteiger partial charge on any atom is -0.383 e. The summed E-state index contributed by atoms with van der Waals surface area (Å²) < 4.78 is 27.2. The van der Waals surface area contributed by atoms with Crippen LogP contribution in [0.1, 0.15) is 25.0 Å². The van der Waals surface area contributed by atoms with E-state index in [1.54, 1.807) is 29.2 Å². The van der Waals surface area contributed by atoms with Gasteiger partial charge in [-0.1, -0.05) is 44.2 Å². The van der Waals surface area contributed by atoms with E-state index >= 15 is 0 Å². The summed E-state index contributed by atoms with van der Waals surface area (Å²) in [5.74, 6) is 0.557. The van der Waals surface area contributed by atoms with Crippen molar-refractivity contribution in [1.82, 2.24) is 4.90 Å². The third kappa shape index (κ3) is 6.94. The highest BCUT2D eigenvalue weighted by Crippen LogP contribution is 2.18. The molecule has 27 heavy (non-hydrogen) atoms. The molecule has 0 aliphatic heterocycles. The lowest BCUT2D eigenvalue weighted by atomic mass is 10.1. The van der Waals surface area contributed by atoms with Gasteiger partial charge in [0.05, 0.1) is 6.26 Å². The highest BCUT2D eigenvalue weighted by atomic mass is 32.2. The third-order valence-electron chi connectivity index (χ3n) is 3.80. The lowest BCUT2D eigenvalue weighted by Crippen LogP contribution is -2.37. The van der Waals surface area contributed by atoms with Gasteiger partial charge in [-0.3, -0.25) is 0 Å². The summed E-state index contributed by atoms with van der Waals surface area (Å²) in [7, 11) is -3.56. The van der Waals surface area contributed by atoms with E-state index in [1.807, 2.05) is 31.2 Å². The molecule has 0 aliphatic carbocycles.